The molecular formula is C13H19N3O2. The zero-order chi connectivity index (χ0) is 12.8. The second-order valence-electron chi connectivity index (χ2n) is 4.34. The molecule has 1 aromatic heterocycles. The maximum Gasteiger partial charge on any atom is 0.239 e. The van der Waals surface area contributed by atoms with Crippen molar-refractivity contribution in [3.05, 3.63) is 23.9 Å². The third-order valence-corrected chi connectivity index (χ3v) is 2.97. The highest BCUT2D eigenvalue weighted by molar-refractivity contribution is 5.91. The van der Waals surface area contributed by atoms with Crippen molar-refractivity contribution < 1.29 is 9.53 Å². The molecule has 2 rings (SSSR count). The van der Waals surface area contributed by atoms with Crippen molar-refractivity contribution in [2.24, 2.45) is 0 Å². The number of ether oxygens (including phenoxy) is 1. The van der Waals surface area contributed by atoms with Gasteiger partial charge in [-0.3, -0.25) is 9.69 Å². The molecule has 1 N–H and O–H groups in total. The fourth-order valence-corrected chi connectivity index (χ4v) is 1.91. The van der Waals surface area contributed by atoms with Crippen LogP contribution in [0.1, 0.15) is 12.5 Å². The molecule has 0 bridgehead atoms. The minimum Gasteiger partial charge on any atom is -0.379 e. The Bertz CT molecular complexity index is 403. The van der Waals surface area contributed by atoms with E-state index in [4.69, 9.17) is 4.74 Å². The van der Waals surface area contributed by atoms with E-state index >= 15 is 0 Å². The summed E-state index contributed by atoms with van der Waals surface area (Å²) in [7, 11) is 0. The summed E-state index contributed by atoms with van der Waals surface area (Å²) in [5.74, 6) is 0.616. The van der Waals surface area contributed by atoms with Gasteiger partial charge in [-0.1, -0.05) is 6.92 Å². The van der Waals surface area contributed by atoms with Crippen LogP contribution >= 0.6 is 0 Å². The Morgan fingerprint density at radius 2 is 2.28 bits per heavy atom. The van der Waals surface area contributed by atoms with Crippen LogP contribution in [0.15, 0.2) is 18.3 Å². The molecule has 5 nitrogen and oxygen atoms in total. The van der Waals surface area contributed by atoms with Crippen molar-refractivity contribution in [3.8, 4) is 0 Å². The Kier molecular flexibility index (Phi) is 4.66. The number of amides is 1. The summed E-state index contributed by atoms with van der Waals surface area (Å²) in [6, 6.07) is 3.87. The van der Waals surface area contributed by atoms with Gasteiger partial charge in [0.15, 0.2) is 0 Å². The predicted molar refractivity (Wildman–Crippen MR) is 69.5 cm³/mol. The lowest BCUT2D eigenvalue weighted by Gasteiger charge is -2.25. The summed E-state index contributed by atoms with van der Waals surface area (Å²) in [5.41, 5.74) is 1.17. The van der Waals surface area contributed by atoms with Crippen molar-refractivity contribution in [3.63, 3.8) is 0 Å². The van der Waals surface area contributed by atoms with Crippen molar-refractivity contribution in [1.82, 2.24) is 9.88 Å². The second kappa shape index (κ2) is 6.47. The Morgan fingerprint density at radius 1 is 1.50 bits per heavy atom. The standard InChI is InChI=1S/C13H19N3O2/c1-2-11-3-4-14-12(9-11)15-13(17)10-16-5-7-18-8-6-16/h3-4,9H,2,5-8,10H2,1H3,(H,14,15,17). The van der Waals surface area contributed by atoms with Crippen LogP contribution in [0.4, 0.5) is 5.82 Å². The number of anilines is 1. The van der Waals surface area contributed by atoms with Crippen molar-refractivity contribution in [2.75, 3.05) is 38.2 Å². The number of hydrogen-bond acceptors (Lipinski definition) is 4. The lowest BCUT2D eigenvalue weighted by Crippen LogP contribution is -2.41. The van der Waals surface area contributed by atoms with Crippen LogP contribution in [0, 0.1) is 0 Å². The summed E-state index contributed by atoms with van der Waals surface area (Å²) in [6.45, 7) is 5.52. The van der Waals surface area contributed by atoms with Crippen molar-refractivity contribution >= 4 is 11.7 Å². The van der Waals surface area contributed by atoms with E-state index in [0.29, 0.717) is 25.6 Å². The number of pyridine rings is 1. The van der Waals surface area contributed by atoms with E-state index < -0.39 is 0 Å². The minimum absolute atomic E-state index is 0.0161. The molecule has 0 aromatic carbocycles. The molecule has 1 saturated heterocycles. The molecule has 0 radical (unpaired) electrons. The number of aromatic nitrogens is 1. The SMILES string of the molecule is CCc1ccnc(NC(=O)CN2CCOCC2)c1. The summed E-state index contributed by atoms with van der Waals surface area (Å²) >= 11 is 0. The van der Waals surface area contributed by atoms with Crippen LogP contribution < -0.4 is 5.32 Å². The second-order valence-corrected chi connectivity index (χ2v) is 4.34. The Hall–Kier alpha value is -1.46. The van der Waals surface area contributed by atoms with Gasteiger partial charge in [0.25, 0.3) is 0 Å². The van der Waals surface area contributed by atoms with E-state index in [9.17, 15) is 4.79 Å². The van der Waals surface area contributed by atoms with E-state index in [1.165, 1.54) is 5.56 Å². The van der Waals surface area contributed by atoms with Gasteiger partial charge in [-0.15, -0.1) is 0 Å². The van der Waals surface area contributed by atoms with Crippen LogP contribution in [-0.2, 0) is 16.0 Å². The first-order chi connectivity index (χ1) is 8.78. The smallest absolute Gasteiger partial charge is 0.239 e. The predicted octanol–water partition coefficient (Wildman–Crippen LogP) is 0.915. The van der Waals surface area contributed by atoms with Gasteiger partial charge in [0.2, 0.25) is 5.91 Å². The van der Waals surface area contributed by atoms with E-state index in [-0.39, 0.29) is 5.91 Å². The number of morpholine rings is 1. The molecular weight excluding hydrogens is 230 g/mol. The zero-order valence-corrected chi connectivity index (χ0v) is 10.7. The fourth-order valence-electron chi connectivity index (χ4n) is 1.91. The first-order valence-corrected chi connectivity index (χ1v) is 6.33. The topological polar surface area (TPSA) is 54.5 Å². The van der Waals surface area contributed by atoms with Gasteiger partial charge >= 0.3 is 0 Å². The first kappa shape index (κ1) is 13.0. The van der Waals surface area contributed by atoms with Gasteiger partial charge in [0, 0.05) is 19.3 Å². The number of hydrogen-bond donors (Lipinski definition) is 1. The monoisotopic (exact) mass is 249 g/mol. The number of aryl methyl sites for hydroxylation is 1. The number of rotatable bonds is 4. The molecule has 98 valence electrons. The molecule has 0 spiro atoms. The average molecular weight is 249 g/mol. The van der Waals surface area contributed by atoms with Crippen LogP contribution in [0.3, 0.4) is 0 Å². The highest BCUT2D eigenvalue weighted by atomic mass is 16.5. The lowest BCUT2D eigenvalue weighted by molar-refractivity contribution is -0.118. The van der Waals surface area contributed by atoms with Crippen LogP contribution in [0.5, 0.6) is 0 Å². The fraction of sp³-hybridized carbons (Fsp3) is 0.538. The molecule has 5 heteroatoms. The quantitative estimate of drug-likeness (QED) is 0.862. The molecule has 1 aliphatic heterocycles. The molecule has 0 aliphatic carbocycles. The molecule has 1 amide bonds. The van der Waals surface area contributed by atoms with Gasteiger partial charge in [0.05, 0.1) is 19.8 Å². The van der Waals surface area contributed by atoms with Crippen LogP contribution in [-0.4, -0.2) is 48.6 Å². The first-order valence-electron chi connectivity index (χ1n) is 6.33. The van der Waals surface area contributed by atoms with E-state index in [2.05, 4.69) is 22.1 Å². The highest BCUT2D eigenvalue weighted by Gasteiger charge is 2.14. The van der Waals surface area contributed by atoms with Gasteiger partial charge in [-0.2, -0.15) is 0 Å². The largest absolute Gasteiger partial charge is 0.379 e. The van der Waals surface area contributed by atoms with Gasteiger partial charge in [-0.25, -0.2) is 4.98 Å². The zero-order valence-electron chi connectivity index (χ0n) is 10.7. The van der Waals surface area contributed by atoms with Crippen LogP contribution in [0.25, 0.3) is 0 Å². The molecule has 1 aromatic rings. The Balaban J connectivity index is 1.85. The molecule has 0 unspecified atom stereocenters. The molecule has 18 heavy (non-hydrogen) atoms. The molecule has 0 atom stereocenters. The third kappa shape index (κ3) is 3.78. The lowest BCUT2D eigenvalue weighted by atomic mass is 10.2. The number of carbonyl (C=O) groups is 1. The minimum atomic E-state index is -0.0161. The number of nitrogens with zero attached hydrogens (tertiary/aromatic N) is 2. The third-order valence-electron chi connectivity index (χ3n) is 2.97. The number of nitrogens with one attached hydrogen (secondary N) is 1. The summed E-state index contributed by atoms with van der Waals surface area (Å²) < 4.78 is 5.24. The van der Waals surface area contributed by atoms with Gasteiger partial charge in [-0.05, 0) is 24.1 Å². The van der Waals surface area contributed by atoms with E-state index in [1.807, 2.05) is 12.1 Å². The number of carbonyl (C=O) groups excluding carboxylic acids is 1. The Morgan fingerprint density at radius 3 is 3.00 bits per heavy atom. The maximum absolute atomic E-state index is 11.8. The molecule has 1 aliphatic rings. The normalized spacial score (nSPS) is 16.5. The van der Waals surface area contributed by atoms with Crippen LogP contribution in [0.2, 0.25) is 0 Å². The van der Waals surface area contributed by atoms with Crippen molar-refractivity contribution in [2.45, 2.75) is 13.3 Å². The highest BCUT2D eigenvalue weighted by Crippen LogP contribution is 2.07. The summed E-state index contributed by atoms with van der Waals surface area (Å²) in [4.78, 5) is 18.1. The molecule has 0 saturated carbocycles. The maximum atomic E-state index is 11.8. The van der Waals surface area contributed by atoms with Gasteiger partial charge < -0.3 is 10.1 Å². The Labute approximate surface area is 107 Å². The van der Waals surface area contributed by atoms with Gasteiger partial charge in [0.1, 0.15) is 5.82 Å². The van der Waals surface area contributed by atoms with Crippen molar-refractivity contribution in [1.29, 1.82) is 0 Å². The van der Waals surface area contributed by atoms with E-state index in [0.717, 1.165) is 19.5 Å². The molecule has 2 heterocycles. The molecule has 1 fully saturated rings. The summed E-state index contributed by atoms with van der Waals surface area (Å²) in [5, 5.41) is 2.83. The van der Waals surface area contributed by atoms with E-state index in [1.54, 1.807) is 6.20 Å². The summed E-state index contributed by atoms with van der Waals surface area (Å²) in [6.07, 6.45) is 2.66. The average Bonchev–Trinajstić information content (AvgIpc) is 2.40.